The molecule has 1 unspecified atom stereocenters. The van der Waals surface area contributed by atoms with Crippen molar-refractivity contribution in [2.75, 3.05) is 13.1 Å². The van der Waals surface area contributed by atoms with Gasteiger partial charge in [-0.25, -0.2) is 0 Å². The van der Waals surface area contributed by atoms with Crippen molar-refractivity contribution in [1.82, 2.24) is 4.90 Å². The third-order valence-electron chi connectivity index (χ3n) is 8.19. The molecule has 4 rings (SSSR count). The molecule has 2 saturated carbocycles. The van der Waals surface area contributed by atoms with Gasteiger partial charge in [-0.05, 0) is 99.4 Å². The van der Waals surface area contributed by atoms with Crippen LogP contribution in [0.1, 0.15) is 101 Å². The largest absolute Gasteiger partial charge is 0.300 e. The average Bonchev–Trinajstić information content (AvgIpc) is 2.85. The van der Waals surface area contributed by atoms with E-state index in [4.69, 9.17) is 28.5 Å². The first kappa shape index (κ1) is 29.0. The number of benzene rings is 2. The van der Waals surface area contributed by atoms with Gasteiger partial charge in [-0.2, -0.15) is 5.26 Å². The van der Waals surface area contributed by atoms with E-state index in [2.05, 4.69) is 67.3 Å². The molecule has 0 spiro atoms. The Bertz CT molecular complexity index is 935. The molecule has 2 fully saturated rings. The summed E-state index contributed by atoms with van der Waals surface area (Å²) in [5.41, 5.74) is 5.66. The van der Waals surface area contributed by atoms with Gasteiger partial charge in [0, 0.05) is 19.5 Å². The second kappa shape index (κ2) is 13.9. The highest BCUT2D eigenvalue weighted by molar-refractivity contribution is 6.25. The predicted octanol–water partition coefficient (Wildman–Crippen LogP) is 9.12. The Morgan fingerprint density at radius 2 is 1.42 bits per heavy atom. The van der Waals surface area contributed by atoms with Crippen molar-refractivity contribution in [1.29, 1.82) is 5.26 Å². The number of rotatable bonds is 12. The van der Waals surface area contributed by atoms with Crippen molar-refractivity contribution in [2.24, 2.45) is 0 Å². The third kappa shape index (κ3) is 7.06. The van der Waals surface area contributed by atoms with Crippen LogP contribution < -0.4 is 0 Å². The van der Waals surface area contributed by atoms with E-state index in [0.29, 0.717) is 6.04 Å². The zero-order chi connectivity index (χ0) is 26.0. The van der Waals surface area contributed by atoms with Crippen LogP contribution in [0, 0.1) is 11.3 Å². The van der Waals surface area contributed by atoms with Crippen molar-refractivity contribution < 1.29 is 0 Å². The summed E-state index contributed by atoms with van der Waals surface area (Å²) in [5, 5.41) is 7.32. The number of halogens is 2. The van der Waals surface area contributed by atoms with E-state index < -0.39 is 0 Å². The highest BCUT2D eigenvalue weighted by Gasteiger charge is 2.43. The maximum Gasteiger partial charge on any atom is 0.0697 e. The van der Waals surface area contributed by atoms with Crippen molar-refractivity contribution >= 4 is 23.2 Å². The molecular formula is C32H44Cl2N2. The molecule has 0 saturated heterocycles. The smallest absolute Gasteiger partial charge is 0.0697 e. The van der Waals surface area contributed by atoms with Crippen molar-refractivity contribution in [3.8, 4) is 6.07 Å². The fourth-order valence-corrected chi connectivity index (χ4v) is 6.73. The Kier molecular flexibility index (Phi) is 11.2. The first-order valence-electron chi connectivity index (χ1n) is 14.0. The van der Waals surface area contributed by atoms with E-state index >= 15 is 0 Å². The van der Waals surface area contributed by atoms with Crippen LogP contribution in [0.5, 0.6) is 0 Å². The molecular weight excluding hydrogens is 483 g/mol. The van der Waals surface area contributed by atoms with Crippen LogP contribution in [-0.2, 0) is 22.6 Å². The van der Waals surface area contributed by atoms with E-state index in [9.17, 15) is 0 Å². The molecule has 0 amide bonds. The number of hydrogen-bond acceptors (Lipinski definition) is 2. The first-order valence-corrected chi connectivity index (χ1v) is 14.8. The molecule has 2 aromatic rings. The van der Waals surface area contributed by atoms with Gasteiger partial charge in [0.15, 0.2) is 0 Å². The quantitative estimate of drug-likeness (QED) is 0.257. The lowest BCUT2D eigenvalue weighted by Gasteiger charge is -2.42. The molecule has 0 radical (unpaired) electrons. The summed E-state index contributed by atoms with van der Waals surface area (Å²) < 4.78 is 0. The molecule has 36 heavy (non-hydrogen) atoms. The van der Waals surface area contributed by atoms with Crippen LogP contribution in [0.2, 0.25) is 0 Å². The first-order chi connectivity index (χ1) is 17.4. The number of nitriles is 1. The molecule has 0 bridgehead atoms. The van der Waals surface area contributed by atoms with E-state index in [-0.39, 0.29) is 9.75 Å². The Morgan fingerprint density at radius 1 is 0.861 bits per heavy atom. The molecule has 2 aliphatic rings. The highest BCUT2D eigenvalue weighted by atomic mass is 35.5. The lowest BCUT2D eigenvalue weighted by atomic mass is 9.71. The van der Waals surface area contributed by atoms with Gasteiger partial charge in [-0.15, -0.1) is 23.2 Å². The summed E-state index contributed by atoms with van der Waals surface area (Å²) in [6, 6.07) is 20.1. The molecule has 0 aliphatic heterocycles. The fraction of sp³-hybridized carbons (Fsp3) is 0.594. The fourth-order valence-electron chi connectivity index (χ4n) is 5.85. The Labute approximate surface area is 230 Å². The average molecular weight is 528 g/mol. The maximum atomic E-state index is 7.32. The van der Waals surface area contributed by atoms with E-state index in [1.165, 1.54) is 67.8 Å². The van der Waals surface area contributed by atoms with Gasteiger partial charge in [-0.1, -0.05) is 62.4 Å². The summed E-state index contributed by atoms with van der Waals surface area (Å²) in [6.07, 6.45) is 12.6. The van der Waals surface area contributed by atoms with Crippen molar-refractivity contribution in [3.05, 3.63) is 70.8 Å². The molecule has 1 atom stereocenters. The van der Waals surface area contributed by atoms with Gasteiger partial charge in [0.2, 0.25) is 0 Å². The normalized spacial score (nSPS) is 18.2. The van der Waals surface area contributed by atoms with Crippen LogP contribution >= 0.6 is 23.2 Å². The predicted molar refractivity (Wildman–Crippen MR) is 155 cm³/mol. The van der Waals surface area contributed by atoms with Crippen molar-refractivity contribution in [2.45, 2.75) is 107 Å². The number of alkyl halides is 2. The monoisotopic (exact) mass is 526 g/mol. The molecule has 0 aromatic heterocycles. The second-order valence-electron chi connectivity index (χ2n) is 10.6. The summed E-state index contributed by atoms with van der Waals surface area (Å²) in [6.45, 7) is 8.38. The van der Waals surface area contributed by atoms with Gasteiger partial charge in [-0.3, -0.25) is 0 Å². The SMILES string of the molecule is CC#N.CCCN(CCc1ccccc1)C(CC)CCc1c(C2(Cl)CCC2)cccc1C1(Cl)CCC1. The molecule has 196 valence electrons. The van der Waals surface area contributed by atoms with Crippen LogP contribution in [0.4, 0.5) is 0 Å². The van der Waals surface area contributed by atoms with E-state index in [1.807, 2.05) is 0 Å². The summed E-state index contributed by atoms with van der Waals surface area (Å²) in [5.74, 6) is 0. The van der Waals surface area contributed by atoms with Crippen LogP contribution in [0.15, 0.2) is 48.5 Å². The third-order valence-corrected chi connectivity index (χ3v) is 9.35. The molecule has 2 aliphatic carbocycles. The Hall–Kier alpha value is -1.53. The van der Waals surface area contributed by atoms with E-state index in [0.717, 1.165) is 45.1 Å². The molecule has 0 heterocycles. The number of hydrogen-bond donors (Lipinski definition) is 0. The lowest BCUT2D eigenvalue weighted by molar-refractivity contribution is 0.183. The van der Waals surface area contributed by atoms with Crippen LogP contribution in [0.3, 0.4) is 0 Å². The summed E-state index contributed by atoms with van der Waals surface area (Å²) in [7, 11) is 0. The summed E-state index contributed by atoms with van der Waals surface area (Å²) in [4.78, 5) is 2.40. The topological polar surface area (TPSA) is 27.0 Å². The van der Waals surface area contributed by atoms with Crippen LogP contribution in [-0.4, -0.2) is 24.0 Å². The van der Waals surface area contributed by atoms with Crippen LogP contribution in [0.25, 0.3) is 0 Å². The minimum absolute atomic E-state index is 0.166. The molecule has 2 nitrogen and oxygen atoms in total. The maximum absolute atomic E-state index is 7.32. The molecule has 0 N–H and O–H groups in total. The zero-order valence-electron chi connectivity index (χ0n) is 22.5. The minimum atomic E-state index is -0.166. The second-order valence-corrected chi connectivity index (χ2v) is 12.0. The zero-order valence-corrected chi connectivity index (χ0v) is 24.1. The molecule has 2 aromatic carbocycles. The van der Waals surface area contributed by atoms with Gasteiger partial charge in [0.1, 0.15) is 0 Å². The van der Waals surface area contributed by atoms with Gasteiger partial charge in [0.05, 0.1) is 15.8 Å². The van der Waals surface area contributed by atoms with Gasteiger partial charge < -0.3 is 4.90 Å². The Balaban J connectivity index is 0.00000115. The number of nitrogens with zero attached hydrogens (tertiary/aromatic N) is 2. The van der Waals surface area contributed by atoms with Crippen molar-refractivity contribution in [3.63, 3.8) is 0 Å². The van der Waals surface area contributed by atoms with Gasteiger partial charge in [0.25, 0.3) is 0 Å². The highest BCUT2D eigenvalue weighted by Crippen LogP contribution is 2.53. The summed E-state index contributed by atoms with van der Waals surface area (Å²) >= 11 is 14.3. The minimum Gasteiger partial charge on any atom is -0.300 e. The standard InChI is InChI=1S/C30H41Cl2N.C2H3N/c1-3-22-33(23-17-24-11-6-5-7-12-24)25(4-2)15-16-26-27(29(31)18-9-19-29)13-8-14-28(26)30(32)20-10-21-30;1-2-3/h5-8,11-14,25H,3-4,9-10,15-23H2,1-2H3;1H3. The Morgan fingerprint density at radius 3 is 1.86 bits per heavy atom. The van der Waals surface area contributed by atoms with E-state index in [1.54, 1.807) is 6.07 Å². The lowest BCUT2D eigenvalue weighted by Crippen LogP contribution is -2.38. The van der Waals surface area contributed by atoms with Gasteiger partial charge >= 0.3 is 0 Å². The molecule has 4 heteroatoms.